The van der Waals surface area contributed by atoms with Gasteiger partial charge in [-0.05, 0) is 57.3 Å². The smallest absolute Gasteiger partial charge is 0.333 e. The first-order chi connectivity index (χ1) is 22.1. The fourth-order valence-electron chi connectivity index (χ4n) is 9.60. The fraction of sp³-hybridized carbons (Fsp3) is 0.0732. The molecule has 0 radical (unpaired) electrons. The van der Waals surface area contributed by atoms with Gasteiger partial charge in [-0.3, -0.25) is 0 Å². The molecule has 0 spiro atoms. The summed E-state index contributed by atoms with van der Waals surface area (Å²) in [4.78, 5) is 0. The van der Waals surface area contributed by atoms with Crippen LogP contribution in [0.3, 0.4) is 0 Å². The van der Waals surface area contributed by atoms with Gasteiger partial charge < -0.3 is 13.5 Å². The second-order valence-corrected chi connectivity index (χ2v) is 13.6. The van der Waals surface area contributed by atoms with Crippen LogP contribution in [0.1, 0.15) is 25.0 Å². The zero-order valence-electron chi connectivity index (χ0n) is 24.8. The zero-order chi connectivity index (χ0) is 29.3. The maximum Gasteiger partial charge on any atom is 0.333 e. The summed E-state index contributed by atoms with van der Waals surface area (Å²) in [6.07, 6.45) is 0. The third kappa shape index (κ3) is 2.36. The van der Waals surface area contributed by atoms with Crippen molar-refractivity contribution in [3.8, 4) is 28.1 Å². The van der Waals surface area contributed by atoms with Crippen molar-refractivity contribution >= 4 is 72.4 Å². The summed E-state index contributed by atoms with van der Waals surface area (Å²) in [7, 11) is 0. The SMILES string of the molecule is CC1(C)c2ccccc2-c2c1c1cccc3c1n2-c1c2c(cc4ccccc14)-c1cccc4c5oc6ccccc6c5n(c14)B23. The first-order valence-electron chi connectivity index (χ1n) is 15.9. The van der Waals surface area contributed by atoms with Gasteiger partial charge in [-0.2, -0.15) is 0 Å². The van der Waals surface area contributed by atoms with Crippen molar-refractivity contribution in [3.05, 3.63) is 126 Å². The Kier molecular flexibility index (Phi) is 3.70. The summed E-state index contributed by atoms with van der Waals surface area (Å²) < 4.78 is 12.0. The van der Waals surface area contributed by atoms with Crippen molar-refractivity contribution in [2.24, 2.45) is 0 Å². The molecule has 1 aliphatic carbocycles. The number of para-hydroxylation sites is 3. The Labute approximate surface area is 259 Å². The van der Waals surface area contributed by atoms with Crippen LogP contribution in [0.15, 0.2) is 120 Å². The lowest BCUT2D eigenvalue weighted by molar-refractivity contribution is 0.666. The highest BCUT2D eigenvalue weighted by Crippen LogP contribution is 2.55. The Morgan fingerprint density at radius 3 is 2.29 bits per heavy atom. The van der Waals surface area contributed by atoms with Crippen LogP contribution in [0.4, 0.5) is 0 Å². The van der Waals surface area contributed by atoms with Gasteiger partial charge in [0, 0.05) is 43.6 Å². The zero-order valence-corrected chi connectivity index (χ0v) is 24.8. The van der Waals surface area contributed by atoms with Gasteiger partial charge in [0.1, 0.15) is 5.58 Å². The second kappa shape index (κ2) is 7.25. The van der Waals surface area contributed by atoms with Crippen LogP contribution < -0.4 is 10.9 Å². The predicted octanol–water partition coefficient (Wildman–Crippen LogP) is 8.89. The number of hydrogen-bond donors (Lipinski definition) is 0. The van der Waals surface area contributed by atoms with E-state index in [0.717, 1.165) is 11.2 Å². The number of fused-ring (bicyclic) bond motifs is 16. The van der Waals surface area contributed by atoms with E-state index in [1.54, 1.807) is 0 Å². The molecule has 0 unspecified atom stereocenters. The van der Waals surface area contributed by atoms with Crippen molar-refractivity contribution in [2.45, 2.75) is 19.3 Å². The van der Waals surface area contributed by atoms with Gasteiger partial charge >= 0.3 is 6.85 Å². The van der Waals surface area contributed by atoms with Crippen LogP contribution in [0, 0.1) is 0 Å². The van der Waals surface area contributed by atoms with Crippen LogP contribution in [0.25, 0.3) is 82.7 Å². The molecule has 0 saturated carbocycles. The molecule has 3 nitrogen and oxygen atoms in total. The van der Waals surface area contributed by atoms with E-state index in [9.17, 15) is 0 Å². The first-order valence-corrected chi connectivity index (χ1v) is 15.9. The second-order valence-electron chi connectivity index (χ2n) is 13.6. The van der Waals surface area contributed by atoms with Gasteiger partial charge in [0.15, 0.2) is 5.58 Å². The molecule has 0 amide bonds. The highest BCUT2D eigenvalue weighted by atomic mass is 16.3. The number of rotatable bonds is 0. The summed E-state index contributed by atoms with van der Waals surface area (Å²) in [5, 5.41) is 6.29. The molecular weight excluding hydrogens is 547 g/mol. The van der Waals surface area contributed by atoms with E-state index in [4.69, 9.17) is 4.42 Å². The van der Waals surface area contributed by atoms with Crippen molar-refractivity contribution in [1.29, 1.82) is 0 Å². The highest BCUT2D eigenvalue weighted by molar-refractivity contribution is 6.90. The van der Waals surface area contributed by atoms with Crippen LogP contribution in [0.5, 0.6) is 0 Å². The minimum absolute atomic E-state index is 0.0140. The summed E-state index contributed by atoms with van der Waals surface area (Å²) in [5.74, 6) is 0. The molecule has 12 rings (SSSR count). The standard InChI is InChI=1S/C41H25BN2O/c1-41(2)30-18-7-5-13-25(30)37-33(41)27-16-10-19-31-36(27)43(37)38-23-12-4-3-11-22(23)21-29-24-15-9-17-28-35(24)44(42(31)34(29)38)39-26-14-6-8-20-32(26)45-40(28)39/h3-21H,1-2H3. The van der Waals surface area contributed by atoms with Crippen LogP contribution in [0.2, 0.25) is 0 Å². The Bertz CT molecular complexity index is 2860. The lowest BCUT2D eigenvalue weighted by atomic mass is 9.45. The molecule has 3 aromatic heterocycles. The molecule has 0 bridgehead atoms. The number of benzene rings is 6. The molecule has 5 heterocycles. The molecule has 0 fully saturated rings. The van der Waals surface area contributed by atoms with Gasteiger partial charge in [0.2, 0.25) is 0 Å². The summed E-state index contributed by atoms with van der Waals surface area (Å²) in [6, 6.07) is 42.8. The molecule has 2 aliphatic heterocycles. The minimum atomic E-state index is -0.112. The minimum Gasteiger partial charge on any atom is -0.454 e. The van der Waals surface area contributed by atoms with Crippen LogP contribution >= 0.6 is 0 Å². The molecule has 0 atom stereocenters. The number of hydrogen-bond acceptors (Lipinski definition) is 1. The Balaban J connectivity index is 1.38. The topological polar surface area (TPSA) is 23.0 Å². The Morgan fingerprint density at radius 1 is 0.622 bits per heavy atom. The summed E-state index contributed by atoms with van der Waals surface area (Å²) in [6.45, 7) is 4.83. The molecule has 0 N–H and O–H groups in total. The molecule has 208 valence electrons. The van der Waals surface area contributed by atoms with Crippen molar-refractivity contribution in [2.75, 3.05) is 0 Å². The van der Waals surface area contributed by atoms with Crippen LogP contribution in [-0.4, -0.2) is 15.9 Å². The quantitative estimate of drug-likeness (QED) is 0.167. The monoisotopic (exact) mass is 572 g/mol. The number of nitrogens with zero attached hydrogens (tertiary/aromatic N) is 2. The molecule has 0 saturated heterocycles. The fourth-order valence-corrected chi connectivity index (χ4v) is 9.60. The lowest BCUT2D eigenvalue weighted by Crippen LogP contribution is -2.55. The van der Waals surface area contributed by atoms with E-state index in [1.807, 2.05) is 0 Å². The van der Waals surface area contributed by atoms with E-state index >= 15 is 0 Å². The maximum atomic E-state index is 6.68. The van der Waals surface area contributed by atoms with E-state index in [-0.39, 0.29) is 12.3 Å². The van der Waals surface area contributed by atoms with Gasteiger partial charge in [0.05, 0.1) is 22.4 Å². The largest absolute Gasteiger partial charge is 0.454 e. The summed E-state index contributed by atoms with van der Waals surface area (Å²) in [5.41, 5.74) is 17.8. The van der Waals surface area contributed by atoms with Crippen molar-refractivity contribution < 1.29 is 4.42 Å². The van der Waals surface area contributed by atoms with E-state index in [0.29, 0.717) is 0 Å². The first kappa shape index (κ1) is 23.0. The van der Waals surface area contributed by atoms with E-state index < -0.39 is 0 Å². The van der Waals surface area contributed by atoms with Gasteiger partial charge in [-0.25, -0.2) is 0 Å². The Morgan fingerprint density at radius 2 is 1.36 bits per heavy atom. The van der Waals surface area contributed by atoms with Gasteiger partial charge in [-0.15, -0.1) is 0 Å². The molecule has 4 heteroatoms. The molecule has 6 aromatic carbocycles. The lowest BCUT2D eigenvalue weighted by Gasteiger charge is -2.35. The summed E-state index contributed by atoms with van der Waals surface area (Å²) >= 11 is 0. The normalized spacial score (nSPS) is 15.0. The third-order valence-electron chi connectivity index (χ3n) is 11.2. The van der Waals surface area contributed by atoms with Gasteiger partial charge in [-0.1, -0.05) is 105 Å². The predicted molar refractivity (Wildman–Crippen MR) is 187 cm³/mol. The van der Waals surface area contributed by atoms with Gasteiger partial charge in [0.25, 0.3) is 0 Å². The average molecular weight is 572 g/mol. The number of furan rings is 1. The average Bonchev–Trinajstić information content (AvgIpc) is 3.78. The highest BCUT2D eigenvalue weighted by Gasteiger charge is 2.47. The number of aromatic nitrogens is 2. The van der Waals surface area contributed by atoms with Crippen LogP contribution in [-0.2, 0) is 5.41 Å². The van der Waals surface area contributed by atoms with E-state index in [2.05, 4.69) is 138 Å². The molecule has 45 heavy (non-hydrogen) atoms. The maximum absolute atomic E-state index is 6.68. The Hall–Kier alpha value is -5.48. The molecular formula is C41H25BN2O. The third-order valence-corrected chi connectivity index (χ3v) is 11.2. The van der Waals surface area contributed by atoms with Crippen molar-refractivity contribution in [3.63, 3.8) is 0 Å². The molecule has 9 aromatic rings. The van der Waals surface area contributed by atoms with E-state index in [1.165, 1.54) is 93.6 Å². The molecule has 3 aliphatic rings. The van der Waals surface area contributed by atoms with Crippen molar-refractivity contribution in [1.82, 2.24) is 9.05 Å².